The summed E-state index contributed by atoms with van der Waals surface area (Å²) in [5.74, 6) is 4.86. The lowest BCUT2D eigenvalue weighted by Crippen LogP contribution is -2.21. The largest absolute Gasteiger partial charge is 0.493 e. The Morgan fingerprint density at radius 1 is 0.478 bits per heavy atom. The molecule has 3 aliphatic heterocycles. The number of aryl methyl sites for hydroxylation is 6. The summed E-state index contributed by atoms with van der Waals surface area (Å²) in [7, 11) is 2.76. The van der Waals surface area contributed by atoms with Crippen molar-refractivity contribution in [2.24, 2.45) is 17.8 Å². The fraction of sp³-hybridized carbons (Fsp3) is 0.494. The molecule has 6 aromatic rings. The van der Waals surface area contributed by atoms with Crippen molar-refractivity contribution in [3.8, 4) is 50.6 Å². The molecule has 0 saturated heterocycles. The van der Waals surface area contributed by atoms with Crippen LogP contribution < -0.4 is 14.2 Å². The lowest BCUT2D eigenvalue weighted by Gasteiger charge is -2.25. The average molecular weight is 1330 g/mol. The van der Waals surface area contributed by atoms with E-state index in [-0.39, 0.29) is 5.97 Å². The Labute approximate surface area is 545 Å². The molecule has 90 heavy (non-hydrogen) atoms. The number of carbonyl (C=O) groups is 3. The van der Waals surface area contributed by atoms with Crippen molar-refractivity contribution in [2.75, 3.05) is 51.7 Å². The fourth-order valence-corrected chi connectivity index (χ4v) is 14.0. The molecular formula is C77H89IO12. The van der Waals surface area contributed by atoms with E-state index in [2.05, 4.69) is 96.2 Å². The summed E-state index contributed by atoms with van der Waals surface area (Å²) in [4.78, 5) is 37.2. The number of alkyl halides is 1. The second-order valence-electron chi connectivity index (χ2n) is 26.6. The third-order valence-corrected chi connectivity index (χ3v) is 20.5. The zero-order valence-corrected chi connectivity index (χ0v) is 55.3. The first kappa shape index (κ1) is 63.9. The van der Waals surface area contributed by atoms with E-state index in [0.717, 1.165) is 168 Å². The molecule has 12 nitrogen and oxygen atoms in total. The van der Waals surface area contributed by atoms with Crippen LogP contribution in [0, 0.1) is 38.5 Å². The van der Waals surface area contributed by atoms with Gasteiger partial charge in [-0.05, 0) is 292 Å². The number of rotatable bonds is 19. The molecule has 0 radical (unpaired) electrons. The Hall–Kier alpha value is -6.26. The number of fused-ring (bicyclic) bond motifs is 3. The van der Waals surface area contributed by atoms with Crippen LogP contribution in [0.3, 0.4) is 0 Å². The summed E-state index contributed by atoms with van der Waals surface area (Å²) in [6.45, 7) is 9.48. The Morgan fingerprint density at radius 2 is 0.833 bits per heavy atom. The molecular weight excluding hydrogens is 1240 g/mol. The highest BCUT2D eigenvalue weighted by molar-refractivity contribution is 14.1. The summed E-state index contributed by atoms with van der Waals surface area (Å²) in [6, 6.07) is 31.8. The first-order valence-electron chi connectivity index (χ1n) is 33.3. The van der Waals surface area contributed by atoms with Gasteiger partial charge < -0.3 is 43.4 Å². The molecule has 15 rings (SSSR count). The van der Waals surface area contributed by atoms with Gasteiger partial charge in [0.25, 0.3) is 0 Å². The minimum absolute atomic E-state index is 0.311. The van der Waals surface area contributed by atoms with Gasteiger partial charge in [-0.1, -0.05) is 77.2 Å². The van der Waals surface area contributed by atoms with Crippen molar-refractivity contribution in [2.45, 2.75) is 172 Å². The van der Waals surface area contributed by atoms with Crippen LogP contribution in [0.25, 0.3) is 33.4 Å². The molecule has 2 N–H and O–H groups in total. The number of aliphatic hydroxyl groups is 1. The molecule has 3 heterocycles. The number of aliphatic carboxylic acids is 1. The average Bonchev–Trinajstić information content (AvgIpc) is 1.59. The van der Waals surface area contributed by atoms with Gasteiger partial charge in [-0.25, -0.2) is 14.4 Å². The quantitative estimate of drug-likeness (QED) is 0.0450. The molecule has 13 heteroatoms. The maximum absolute atomic E-state index is 12.8. The van der Waals surface area contributed by atoms with Crippen LogP contribution in [-0.4, -0.2) is 79.8 Å². The number of carboxylic acid groups (broad SMARTS) is 1. The molecule has 0 amide bonds. The molecule has 476 valence electrons. The predicted molar refractivity (Wildman–Crippen MR) is 358 cm³/mol. The SMILES string of the molecule is COC(=O)C(O)c1c(C)ccc(C2CC2)c1-c1ccc2c(c1)CCCO2.COC(=O)C(OCC1CC1)c1c(C)ccc(C2CC2)c1-c1ccc2c(c1)CCCO2.Cc1ccc(C2CC2)c(-c2ccc3c(c2)CCCO3)c1C(OCC1CC1)C(=O)O.ICC1CC1. The molecule has 3 unspecified atom stereocenters. The predicted octanol–water partition coefficient (Wildman–Crippen LogP) is 16.8. The van der Waals surface area contributed by atoms with Gasteiger partial charge >= 0.3 is 17.9 Å². The van der Waals surface area contributed by atoms with Gasteiger partial charge in [0, 0.05) is 21.1 Å². The monoisotopic (exact) mass is 1330 g/mol. The maximum atomic E-state index is 12.8. The standard InChI is InChI=1S/C26H30O4.C25H28O4.C22H24O4.C4H7I/c1-16-5-11-21(18-8-9-18)24(20-10-12-22-19(14-20)4-3-13-29-22)23(16)25(26(27)28-2)30-15-17-6-7-17;1-15-4-10-20(17-7-8-17)23(19-9-11-21-18(13-19)3-2-12-28-21)22(15)24(25(26)27)29-14-16-5-6-16;1-13-5-9-17(14-6-7-14)20(19(13)21(23)22(24)25-2)16-8-10-18-15(12-16)4-3-11-26-18;5-3-4-1-2-4/h5,10-12,14,17-18,25H,3-4,6-9,13,15H2,1-2H3;4,9-11,13,16-17,24H,2-3,5-8,12,14H2,1H3,(H,26,27);5,8-10,12,14,21,23H,3-4,6-7,11H2,1-2H3;4H,1-3H2. The molecule has 0 aromatic heterocycles. The molecule has 3 atom stereocenters. The first-order chi connectivity index (χ1) is 43.8. The number of aliphatic hydroxyl groups excluding tert-OH is 1. The smallest absolute Gasteiger partial charge is 0.339 e. The van der Waals surface area contributed by atoms with Crippen LogP contribution in [0.1, 0.15) is 199 Å². The Balaban J connectivity index is 0.000000126. The van der Waals surface area contributed by atoms with Crippen LogP contribution in [0.5, 0.6) is 17.2 Å². The van der Waals surface area contributed by atoms with E-state index in [0.29, 0.717) is 48.4 Å². The zero-order chi connectivity index (χ0) is 62.6. The van der Waals surface area contributed by atoms with Crippen molar-refractivity contribution in [3.63, 3.8) is 0 Å². The molecule has 9 aliphatic rings. The number of ether oxygens (including phenoxy) is 7. The molecule has 6 aliphatic carbocycles. The van der Waals surface area contributed by atoms with E-state index in [1.165, 1.54) is 103 Å². The van der Waals surface area contributed by atoms with E-state index in [1.54, 1.807) is 0 Å². The molecule has 6 saturated carbocycles. The topological polar surface area (TPSA) is 156 Å². The molecule has 0 spiro atoms. The van der Waals surface area contributed by atoms with Gasteiger partial charge in [-0.2, -0.15) is 0 Å². The van der Waals surface area contributed by atoms with Crippen molar-refractivity contribution in [3.05, 3.63) is 158 Å². The summed E-state index contributed by atoms with van der Waals surface area (Å²) in [5.41, 5.74) is 19.4. The number of carbonyl (C=O) groups excluding carboxylic acids is 2. The van der Waals surface area contributed by atoms with E-state index in [9.17, 15) is 24.6 Å². The summed E-state index contributed by atoms with van der Waals surface area (Å²) >= 11 is 2.44. The third kappa shape index (κ3) is 15.3. The second kappa shape index (κ2) is 28.7. The Morgan fingerprint density at radius 3 is 1.17 bits per heavy atom. The Bertz CT molecular complexity index is 3580. The highest BCUT2D eigenvalue weighted by atomic mass is 127. The highest BCUT2D eigenvalue weighted by Crippen LogP contribution is 2.52. The van der Waals surface area contributed by atoms with Gasteiger partial charge in [0.2, 0.25) is 0 Å². The number of hydrogen-bond acceptors (Lipinski definition) is 11. The normalized spacial score (nSPS) is 18.8. The third-order valence-electron chi connectivity index (χ3n) is 19.3. The van der Waals surface area contributed by atoms with Crippen LogP contribution in [-0.2, 0) is 52.6 Å². The van der Waals surface area contributed by atoms with Gasteiger partial charge in [-0.15, -0.1) is 0 Å². The van der Waals surface area contributed by atoms with Crippen LogP contribution in [0.4, 0.5) is 0 Å². The zero-order valence-electron chi connectivity index (χ0n) is 53.2. The van der Waals surface area contributed by atoms with Crippen molar-refractivity contribution in [1.29, 1.82) is 0 Å². The number of hydrogen-bond donors (Lipinski definition) is 2. The van der Waals surface area contributed by atoms with Gasteiger partial charge in [-0.3, -0.25) is 0 Å². The van der Waals surface area contributed by atoms with Crippen LogP contribution in [0.2, 0.25) is 0 Å². The second-order valence-corrected chi connectivity index (χ2v) is 27.5. The lowest BCUT2D eigenvalue weighted by molar-refractivity contribution is -0.155. The van der Waals surface area contributed by atoms with Crippen molar-refractivity contribution in [1.82, 2.24) is 0 Å². The summed E-state index contributed by atoms with van der Waals surface area (Å²) < 4.78 is 41.0. The van der Waals surface area contributed by atoms with E-state index >= 15 is 0 Å². The fourth-order valence-electron chi connectivity index (χ4n) is 13.2. The van der Waals surface area contributed by atoms with E-state index in [1.807, 2.05) is 38.1 Å². The molecule has 6 aromatic carbocycles. The molecule has 0 bridgehead atoms. The van der Waals surface area contributed by atoms with Crippen LogP contribution >= 0.6 is 22.6 Å². The van der Waals surface area contributed by atoms with Gasteiger partial charge in [0.1, 0.15) is 17.2 Å². The highest BCUT2D eigenvalue weighted by Gasteiger charge is 2.38. The van der Waals surface area contributed by atoms with Gasteiger partial charge in [0.15, 0.2) is 18.3 Å². The van der Waals surface area contributed by atoms with Gasteiger partial charge in [0.05, 0.1) is 47.3 Å². The number of esters is 2. The van der Waals surface area contributed by atoms with Crippen LogP contribution in [0.15, 0.2) is 91.0 Å². The number of methoxy groups -OCH3 is 2. The molecule has 6 fully saturated rings. The minimum atomic E-state index is -1.28. The summed E-state index contributed by atoms with van der Waals surface area (Å²) in [6.07, 6.45) is 17.9. The number of benzene rings is 6. The Kier molecular flexibility index (Phi) is 20.4. The maximum Gasteiger partial charge on any atom is 0.339 e. The minimum Gasteiger partial charge on any atom is -0.493 e. The number of carboxylic acids is 1. The van der Waals surface area contributed by atoms with E-state index < -0.39 is 30.3 Å². The van der Waals surface area contributed by atoms with Crippen molar-refractivity contribution >= 4 is 40.5 Å². The van der Waals surface area contributed by atoms with E-state index in [4.69, 9.17) is 33.2 Å². The number of halogens is 1. The van der Waals surface area contributed by atoms with Crippen molar-refractivity contribution < 1.29 is 57.8 Å². The lowest BCUT2D eigenvalue weighted by atomic mass is 9.85. The summed E-state index contributed by atoms with van der Waals surface area (Å²) in [5, 5.41) is 20.7. The first-order valence-corrected chi connectivity index (χ1v) is 34.9.